The van der Waals surface area contributed by atoms with Crippen molar-refractivity contribution in [1.82, 2.24) is 10.2 Å². The number of aliphatic hydroxyl groups excluding tert-OH is 1. The molecule has 1 fully saturated rings. The van der Waals surface area contributed by atoms with Crippen molar-refractivity contribution in [3.8, 4) is 11.1 Å². The third kappa shape index (κ3) is 9.34. The number of amides is 1. The highest BCUT2D eigenvalue weighted by molar-refractivity contribution is 5.77. The summed E-state index contributed by atoms with van der Waals surface area (Å²) in [6.45, 7) is 1.92. The Morgan fingerprint density at radius 1 is 0.826 bits per heavy atom. The molecule has 4 aromatic rings. The van der Waals surface area contributed by atoms with Gasteiger partial charge in [0.15, 0.2) is 6.29 Å². The lowest BCUT2D eigenvalue weighted by atomic mass is 9.97. The summed E-state index contributed by atoms with van der Waals surface area (Å²) in [6, 6.07) is 34.4. The van der Waals surface area contributed by atoms with Gasteiger partial charge >= 0.3 is 5.97 Å². The predicted molar refractivity (Wildman–Crippen MR) is 176 cm³/mol. The molecule has 0 bridgehead atoms. The molecule has 1 saturated heterocycles. The Labute approximate surface area is 270 Å². The van der Waals surface area contributed by atoms with Crippen LogP contribution in [0.15, 0.2) is 103 Å². The summed E-state index contributed by atoms with van der Waals surface area (Å²) >= 11 is 0. The summed E-state index contributed by atoms with van der Waals surface area (Å²) in [5.74, 6) is -1.06. The number of hydrogen-bond donors (Lipinski definition) is 3. The van der Waals surface area contributed by atoms with Gasteiger partial charge in [0, 0.05) is 44.5 Å². The number of carboxylic acid groups (broad SMARTS) is 1. The van der Waals surface area contributed by atoms with E-state index in [0.717, 1.165) is 46.5 Å². The fraction of sp³-hybridized carbons (Fsp3) is 0.316. The van der Waals surface area contributed by atoms with E-state index in [0.29, 0.717) is 19.4 Å². The molecule has 0 unspecified atom stereocenters. The van der Waals surface area contributed by atoms with Crippen molar-refractivity contribution in [2.75, 3.05) is 13.6 Å². The van der Waals surface area contributed by atoms with Gasteiger partial charge in [-0.3, -0.25) is 14.5 Å². The van der Waals surface area contributed by atoms with E-state index in [9.17, 15) is 14.7 Å². The summed E-state index contributed by atoms with van der Waals surface area (Å²) in [4.78, 5) is 25.3. The van der Waals surface area contributed by atoms with Crippen LogP contribution in [0.4, 0.5) is 0 Å². The second kappa shape index (κ2) is 16.3. The molecule has 1 aliphatic rings. The first-order chi connectivity index (χ1) is 22.4. The van der Waals surface area contributed by atoms with Gasteiger partial charge in [-0.15, -0.1) is 0 Å². The number of nitrogens with one attached hydrogen (secondary N) is 1. The Kier molecular flexibility index (Phi) is 11.7. The molecule has 0 radical (unpaired) electrons. The Morgan fingerprint density at radius 3 is 2.24 bits per heavy atom. The van der Waals surface area contributed by atoms with Crippen LogP contribution in [0.3, 0.4) is 0 Å². The predicted octanol–water partition coefficient (Wildman–Crippen LogP) is 6.39. The maximum absolute atomic E-state index is 12.3. The van der Waals surface area contributed by atoms with Gasteiger partial charge in [-0.2, -0.15) is 0 Å². The normalized spacial score (nSPS) is 17.9. The molecule has 1 heterocycles. The highest BCUT2D eigenvalue weighted by Crippen LogP contribution is 2.39. The van der Waals surface area contributed by atoms with Crippen LogP contribution in [0.2, 0.25) is 0 Å². The molecule has 3 N–H and O–H groups in total. The smallest absolute Gasteiger partial charge is 0.303 e. The van der Waals surface area contributed by atoms with Crippen molar-refractivity contribution in [2.24, 2.45) is 0 Å². The first-order valence-corrected chi connectivity index (χ1v) is 15.8. The zero-order chi connectivity index (χ0) is 32.3. The Bertz CT molecular complexity index is 1560. The third-order valence-electron chi connectivity index (χ3n) is 8.21. The number of carbonyl (C=O) groups excluding carboxylic acids is 1. The molecule has 240 valence electrons. The van der Waals surface area contributed by atoms with E-state index in [1.165, 1.54) is 5.56 Å². The Balaban J connectivity index is 1.29. The van der Waals surface area contributed by atoms with Gasteiger partial charge in [-0.25, -0.2) is 0 Å². The zero-order valence-electron chi connectivity index (χ0n) is 26.2. The van der Waals surface area contributed by atoms with Crippen molar-refractivity contribution in [3.63, 3.8) is 0 Å². The van der Waals surface area contributed by atoms with Crippen LogP contribution in [0, 0.1) is 0 Å². The van der Waals surface area contributed by atoms with Crippen molar-refractivity contribution in [1.29, 1.82) is 0 Å². The number of carboxylic acids is 1. The molecule has 0 spiro atoms. The average molecular weight is 623 g/mol. The average Bonchev–Trinajstić information content (AvgIpc) is 3.07. The fourth-order valence-electron chi connectivity index (χ4n) is 5.80. The largest absolute Gasteiger partial charge is 0.481 e. The molecule has 46 heavy (non-hydrogen) atoms. The minimum absolute atomic E-state index is 0.000907. The quantitative estimate of drug-likeness (QED) is 0.150. The summed E-state index contributed by atoms with van der Waals surface area (Å²) in [5, 5.41) is 21.3. The van der Waals surface area contributed by atoms with E-state index in [1.54, 1.807) is 0 Å². The maximum Gasteiger partial charge on any atom is 0.303 e. The molecule has 1 aliphatic heterocycles. The minimum Gasteiger partial charge on any atom is -0.481 e. The van der Waals surface area contributed by atoms with E-state index >= 15 is 0 Å². The Hall–Kier alpha value is -4.34. The van der Waals surface area contributed by atoms with Crippen molar-refractivity contribution >= 4 is 11.9 Å². The van der Waals surface area contributed by atoms with Gasteiger partial charge in [0.2, 0.25) is 5.91 Å². The topological polar surface area (TPSA) is 108 Å². The highest BCUT2D eigenvalue weighted by Gasteiger charge is 2.32. The Morgan fingerprint density at radius 2 is 1.52 bits per heavy atom. The number of nitrogens with zero attached hydrogens (tertiary/aromatic N) is 1. The fourth-order valence-corrected chi connectivity index (χ4v) is 5.80. The number of aliphatic carboxylic acids is 1. The van der Waals surface area contributed by atoms with Gasteiger partial charge in [0.1, 0.15) is 0 Å². The van der Waals surface area contributed by atoms with E-state index in [1.807, 2.05) is 78.9 Å². The van der Waals surface area contributed by atoms with Gasteiger partial charge in [0.25, 0.3) is 0 Å². The molecule has 4 aromatic carbocycles. The van der Waals surface area contributed by atoms with Crippen LogP contribution >= 0.6 is 0 Å². The highest BCUT2D eigenvalue weighted by atomic mass is 16.7. The first-order valence-electron chi connectivity index (χ1n) is 15.8. The van der Waals surface area contributed by atoms with Gasteiger partial charge in [-0.1, -0.05) is 103 Å². The lowest BCUT2D eigenvalue weighted by molar-refractivity contribution is -0.252. The second-order valence-electron chi connectivity index (χ2n) is 11.8. The molecule has 3 atom stereocenters. The molecular formula is C38H42N2O6. The third-order valence-corrected chi connectivity index (χ3v) is 8.21. The van der Waals surface area contributed by atoms with Crippen LogP contribution in [-0.2, 0) is 38.8 Å². The van der Waals surface area contributed by atoms with Crippen LogP contribution < -0.4 is 5.32 Å². The standard InChI is InChI=1S/C38H42N2O6/c1-40(24-27-8-3-2-4-9-27)25-33-22-35(30-16-14-28(26-41)15-17-30)46-38(45-33)31-20-18-29(19-21-31)34-11-6-5-10-32(34)23-39-36(42)12-7-13-37(43)44/h2-6,8-11,14-21,33,35,38,41H,7,12-13,22-26H2,1H3,(H,39,42)(H,43,44)/t33-,35+,38+/m1/s1. The lowest BCUT2D eigenvalue weighted by Gasteiger charge is -2.38. The molecule has 0 saturated carbocycles. The molecular weight excluding hydrogens is 580 g/mol. The summed E-state index contributed by atoms with van der Waals surface area (Å²) in [7, 11) is 2.11. The van der Waals surface area contributed by atoms with Gasteiger partial charge in [-0.05, 0) is 46.8 Å². The minimum atomic E-state index is -0.899. The molecule has 0 aliphatic carbocycles. The number of carbonyl (C=O) groups is 2. The number of benzene rings is 4. The SMILES string of the molecule is CN(Cc1ccccc1)C[C@H]1C[C@@H](c2ccc(CO)cc2)O[C@@H](c2ccc(-c3ccccc3CNC(=O)CCCC(=O)O)cc2)O1. The van der Waals surface area contributed by atoms with Crippen molar-refractivity contribution in [3.05, 3.63) is 131 Å². The van der Waals surface area contributed by atoms with E-state index in [4.69, 9.17) is 14.6 Å². The number of rotatable bonds is 14. The summed E-state index contributed by atoms with van der Waals surface area (Å²) in [5.41, 5.74) is 7.06. The number of hydrogen-bond acceptors (Lipinski definition) is 6. The maximum atomic E-state index is 12.3. The molecule has 0 aromatic heterocycles. The van der Waals surface area contributed by atoms with E-state index in [2.05, 4.69) is 41.5 Å². The summed E-state index contributed by atoms with van der Waals surface area (Å²) < 4.78 is 13.1. The number of aliphatic hydroxyl groups is 1. The van der Waals surface area contributed by atoms with E-state index in [-0.39, 0.29) is 37.6 Å². The molecule has 8 heteroatoms. The second-order valence-corrected chi connectivity index (χ2v) is 11.8. The zero-order valence-corrected chi connectivity index (χ0v) is 26.2. The van der Waals surface area contributed by atoms with Crippen LogP contribution in [0.1, 0.15) is 65.9 Å². The van der Waals surface area contributed by atoms with Crippen LogP contribution in [0.25, 0.3) is 11.1 Å². The van der Waals surface area contributed by atoms with Crippen molar-refractivity contribution in [2.45, 2.75) is 63.9 Å². The first kappa shape index (κ1) is 33.0. The van der Waals surface area contributed by atoms with E-state index < -0.39 is 12.3 Å². The molecule has 5 rings (SSSR count). The monoisotopic (exact) mass is 622 g/mol. The van der Waals surface area contributed by atoms with Crippen molar-refractivity contribution < 1.29 is 29.3 Å². The van der Waals surface area contributed by atoms with Gasteiger partial charge < -0.3 is 25.0 Å². The molecule has 1 amide bonds. The van der Waals surface area contributed by atoms with Crippen LogP contribution in [0.5, 0.6) is 0 Å². The lowest BCUT2D eigenvalue weighted by Crippen LogP contribution is -2.37. The summed E-state index contributed by atoms with van der Waals surface area (Å²) in [6.07, 6.45) is 0.402. The van der Waals surface area contributed by atoms with Crippen LogP contribution in [-0.4, -0.2) is 46.7 Å². The van der Waals surface area contributed by atoms with Gasteiger partial charge in [0.05, 0.1) is 18.8 Å². The number of likely N-dealkylation sites (N-methyl/N-ethyl adjacent to an activating group) is 1. The number of ether oxygens (including phenoxy) is 2. The molecule has 8 nitrogen and oxygen atoms in total.